The highest BCUT2D eigenvalue weighted by Crippen LogP contribution is 2.20. The van der Waals surface area contributed by atoms with Gasteiger partial charge in [0, 0.05) is 25.2 Å². The van der Waals surface area contributed by atoms with Crippen LogP contribution in [0.25, 0.3) is 11.4 Å². The summed E-state index contributed by atoms with van der Waals surface area (Å²) in [5.41, 5.74) is 2.08. The van der Waals surface area contributed by atoms with Crippen molar-refractivity contribution in [3.05, 3.63) is 22.7 Å². The Bertz CT molecular complexity index is 446. The molecule has 16 heavy (non-hydrogen) atoms. The Labute approximate surface area is 99.3 Å². The van der Waals surface area contributed by atoms with Gasteiger partial charge in [-0.2, -0.15) is 5.10 Å². The minimum absolute atomic E-state index is 0.857. The average Bonchev–Trinajstić information content (AvgIpc) is 2.87. The highest BCUT2D eigenvalue weighted by molar-refractivity contribution is 7.09. The molecule has 0 aromatic carbocycles. The second-order valence-corrected chi connectivity index (χ2v) is 4.59. The van der Waals surface area contributed by atoms with Gasteiger partial charge in [-0.05, 0) is 19.0 Å². The van der Waals surface area contributed by atoms with Crippen molar-refractivity contribution >= 4 is 11.3 Å². The molecule has 4 nitrogen and oxygen atoms in total. The van der Waals surface area contributed by atoms with Crippen LogP contribution in [-0.4, -0.2) is 21.3 Å². The quantitative estimate of drug-likeness (QED) is 0.808. The van der Waals surface area contributed by atoms with Crippen molar-refractivity contribution in [1.29, 1.82) is 0 Å². The van der Waals surface area contributed by atoms with Crippen LogP contribution < -0.4 is 5.32 Å². The molecule has 0 unspecified atom stereocenters. The van der Waals surface area contributed by atoms with Crippen LogP contribution >= 0.6 is 11.3 Å². The van der Waals surface area contributed by atoms with Crippen molar-refractivity contribution in [3.8, 4) is 11.4 Å². The van der Waals surface area contributed by atoms with Gasteiger partial charge < -0.3 is 5.32 Å². The lowest BCUT2D eigenvalue weighted by atomic mass is 10.3. The molecule has 2 aromatic heterocycles. The summed E-state index contributed by atoms with van der Waals surface area (Å²) in [6, 6.07) is 1.98. The lowest BCUT2D eigenvalue weighted by Crippen LogP contribution is -2.13. The summed E-state index contributed by atoms with van der Waals surface area (Å²) < 4.78 is 1.85. The van der Waals surface area contributed by atoms with Gasteiger partial charge in [-0.1, -0.05) is 6.92 Å². The lowest BCUT2D eigenvalue weighted by Gasteiger charge is -1.98. The first-order valence-corrected chi connectivity index (χ1v) is 6.32. The molecule has 0 saturated carbocycles. The smallest absolute Gasteiger partial charge is 0.107 e. The monoisotopic (exact) mass is 236 g/mol. The van der Waals surface area contributed by atoms with Crippen molar-refractivity contribution in [3.63, 3.8) is 0 Å². The first-order valence-electron chi connectivity index (χ1n) is 5.44. The molecule has 0 aliphatic heterocycles. The fourth-order valence-electron chi connectivity index (χ4n) is 1.51. The SMILES string of the molecule is CCCNCc1nc(-c2ccnn2C)cs1. The van der Waals surface area contributed by atoms with E-state index in [1.165, 1.54) is 0 Å². The standard InChI is InChI=1S/C11H16N4S/c1-3-5-12-7-11-14-9(8-16-11)10-4-6-13-15(10)2/h4,6,8,12H,3,5,7H2,1-2H3. The number of thiazole rings is 1. The van der Waals surface area contributed by atoms with Crippen molar-refractivity contribution in [2.24, 2.45) is 7.05 Å². The molecule has 86 valence electrons. The van der Waals surface area contributed by atoms with E-state index in [4.69, 9.17) is 0 Å². The Morgan fingerprint density at radius 3 is 3.06 bits per heavy atom. The molecule has 2 heterocycles. The Balaban J connectivity index is 2.05. The van der Waals surface area contributed by atoms with Gasteiger partial charge >= 0.3 is 0 Å². The average molecular weight is 236 g/mol. The van der Waals surface area contributed by atoms with E-state index in [0.717, 1.165) is 35.9 Å². The van der Waals surface area contributed by atoms with E-state index < -0.39 is 0 Å². The van der Waals surface area contributed by atoms with E-state index in [1.807, 2.05) is 17.8 Å². The predicted molar refractivity (Wildman–Crippen MR) is 66.3 cm³/mol. The largest absolute Gasteiger partial charge is 0.310 e. The van der Waals surface area contributed by atoms with Crippen LogP contribution in [0.3, 0.4) is 0 Å². The van der Waals surface area contributed by atoms with Gasteiger partial charge in [-0.3, -0.25) is 4.68 Å². The number of rotatable bonds is 5. The van der Waals surface area contributed by atoms with Crippen molar-refractivity contribution < 1.29 is 0 Å². The lowest BCUT2D eigenvalue weighted by molar-refractivity contribution is 0.672. The van der Waals surface area contributed by atoms with Gasteiger partial charge in [-0.15, -0.1) is 11.3 Å². The summed E-state index contributed by atoms with van der Waals surface area (Å²) in [5.74, 6) is 0. The first-order chi connectivity index (χ1) is 7.81. The van der Waals surface area contributed by atoms with Gasteiger partial charge in [0.1, 0.15) is 5.01 Å². The maximum atomic E-state index is 4.58. The molecule has 0 radical (unpaired) electrons. The summed E-state index contributed by atoms with van der Waals surface area (Å²) in [7, 11) is 1.93. The third kappa shape index (κ3) is 2.48. The van der Waals surface area contributed by atoms with E-state index in [1.54, 1.807) is 17.5 Å². The molecule has 0 saturated heterocycles. The number of hydrogen-bond acceptors (Lipinski definition) is 4. The molecule has 0 atom stereocenters. The van der Waals surface area contributed by atoms with E-state index in [0.29, 0.717) is 0 Å². The van der Waals surface area contributed by atoms with E-state index in [9.17, 15) is 0 Å². The Morgan fingerprint density at radius 2 is 2.38 bits per heavy atom. The predicted octanol–water partition coefficient (Wildman–Crippen LogP) is 2.04. The first kappa shape index (κ1) is 11.3. The minimum Gasteiger partial charge on any atom is -0.310 e. The van der Waals surface area contributed by atoms with Crippen molar-refractivity contribution in [2.45, 2.75) is 19.9 Å². The number of aromatic nitrogens is 3. The molecule has 0 fully saturated rings. The molecule has 0 spiro atoms. The minimum atomic E-state index is 0.857. The third-order valence-corrected chi connectivity index (χ3v) is 3.19. The zero-order chi connectivity index (χ0) is 11.4. The maximum absolute atomic E-state index is 4.58. The normalized spacial score (nSPS) is 10.9. The summed E-state index contributed by atoms with van der Waals surface area (Å²) in [5, 5.41) is 10.7. The Hall–Kier alpha value is -1.20. The fourth-order valence-corrected chi connectivity index (χ4v) is 2.26. The van der Waals surface area contributed by atoms with Crippen LogP contribution in [0.1, 0.15) is 18.4 Å². The summed E-state index contributed by atoms with van der Waals surface area (Å²) in [4.78, 5) is 4.58. The number of nitrogens with one attached hydrogen (secondary N) is 1. The highest BCUT2D eigenvalue weighted by Gasteiger charge is 2.07. The topological polar surface area (TPSA) is 42.7 Å². The van der Waals surface area contributed by atoms with E-state index in [-0.39, 0.29) is 0 Å². The Kier molecular flexibility index (Phi) is 3.69. The van der Waals surface area contributed by atoms with Crippen molar-refractivity contribution in [2.75, 3.05) is 6.54 Å². The zero-order valence-electron chi connectivity index (χ0n) is 9.60. The second-order valence-electron chi connectivity index (χ2n) is 3.64. The van der Waals surface area contributed by atoms with E-state index in [2.05, 4.69) is 27.7 Å². The van der Waals surface area contributed by atoms with Gasteiger partial charge in [-0.25, -0.2) is 4.98 Å². The number of nitrogens with zero attached hydrogens (tertiary/aromatic N) is 3. The van der Waals surface area contributed by atoms with Crippen LogP contribution in [0, 0.1) is 0 Å². The number of hydrogen-bond donors (Lipinski definition) is 1. The van der Waals surface area contributed by atoms with Gasteiger partial charge in [0.15, 0.2) is 0 Å². The van der Waals surface area contributed by atoms with Gasteiger partial charge in [0.2, 0.25) is 0 Å². The Morgan fingerprint density at radius 1 is 1.50 bits per heavy atom. The van der Waals surface area contributed by atoms with Crippen LogP contribution in [0.15, 0.2) is 17.6 Å². The maximum Gasteiger partial charge on any atom is 0.107 e. The second kappa shape index (κ2) is 5.23. The van der Waals surface area contributed by atoms with Crippen molar-refractivity contribution in [1.82, 2.24) is 20.1 Å². The van der Waals surface area contributed by atoms with Gasteiger partial charge in [0.05, 0.1) is 11.4 Å². The van der Waals surface area contributed by atoms with E-state index >= 15 is 0 Å². The molecule has 5 heteroatoms. The molecule has 0 aliphatic rings. The molecule has 0 aliphatic carbocycles. The summed E-state index contributed by atoms with van der Waals surface area (Å²) in [6.07, 6.45) is 2.95. The van der Waals surface area contributed by atoms with Gasteiger partial charge in [0.25, 0.3) is 0 Å². The molecule has 2 rings (SSSR count). The molecule has 0 bridgehead atoms. The van der Waals surface area contributed by atoms with Crippen LogP contribution in [0.4, 0.5) is 0 Å². The van der Waals surface area contributed by atoms with Crippen LogP contribution in [0.2, 0.25) is 0 Å². The third-order valence-electron chi connectivity index (χ3n) is 2.34. The summed E-state index contributed by atoms with van der Waals surface area (Å²) >= 11 is 1.69. The molecule has 2 aromatic rings. The molecule has 0 amide bonds. The number of aryl methyl sites for hydroxylation is 1. The fraction of sp³-hybridized carbons (Fsp3) is 0.455. The van der Waals surface area contributed by atoms with Crippen LogP contribution in [0.5, 0.6) is 0 Å². The molecular formula is C11H16N4S. The molecular weight excluding hydrogens is 220 g/mol. The highest BCUT2D eigenvalue weighted by atomic mass is 32.1. The molecule has 1 N–H and O–H groups in total. The van der Waals surface area contributed by atoms with Crippen LogP contribution in [-0.2, 0) is 13.6 Å². The zero-order valence-corrected chi connectivity index (χ0v) is 10.4. The summed E-state index contributed by atoms with van der Waals surface area (Å²) in [6.45, 7) is 4.06.